The largest absolute Gasteiger partial charge is 0.314 e. The van der Waals surface area contributed by atoms with E-state index in [9.17, 15) is 8.78 Å². The van der Waals surface area contributed by atoms with Crippen molar-refractivity contribution < 1.29 is 8.78 Å². The Hall–Kier alpha value is -0.960. The topological polar surface area (TPSA) is 12.0 Å². The fraction of sp³-hybridized carbons (Fsp3) is 0.600. The summed E-state index contributed by atoms with van der Waals surface area (Å²) in [4.78, 5) is 0. The van der Waals surface area contributed by atoms with Gasteiger partial charge in [0.1, 0.15) is 11.6 Å². The Labute approximate surface area is 109 Å². The number of unbranched alkanes of at least 4 members (excludes halogenated alkanes) is 2. The first-order chi connectivity index (χ1) is 8.65. The highest BCUT2D eigenvalue weighted by Crippen LogP contribution is 2.13. The predicted molar refractivity (Wildman–Crippen MR) is 71.7 cm³/mol. The lowest BCUT2D eigenvalue weighted by atomic mass is 10.00. The van der Waals surface area contributed by atoms with Gasteiger partial charge in [0.2, 0.25) is 0 Å². The summed E-state index contributed by atoms with van der Waals surface area (Å²) in [5, 5.41) is 3.38. The van der Waals surface area contributed by atoms with Crippen LogP contribution in [0.2, 0.25) is 0 Å². The van der Waals surface area contributed by atoms with Crippen molar-refractivity contribution in [1.82, 2.24) is 5.32 Å². The van der Waals surface area contributed by atoms with Crippen LogP contribution in [0, 0.1) is 11.6 Å². The maximum absolute atomic E-state index is 13.1. The zero-order valence-corrected chi connectivity index (χ0v) is 11.3. The van der Waals surface area contributed by atoms with Crippen LogP contribution in [0.15, 0.2) is 18.2 Å². The Balaban J connectivity index is 2.58. The van der Waals surface area contributed by atoms with Crippen molar-refractivity contribution in [2.24, 2.45) is 0 Å². The molecule has 18 heavy (non-hydrogen) atoms. The molecule has 1 atom stereocenters. The lowest BCUT2D eigenvalue weighted by Gasteiger charge is -2.18. The second kappa shape index (κ2) is 8.20. The molecule has 1 rings (SSSR count). The van der Waals surface area contributed by atoms with Gasteiger partial charge in [0, 0.05) is 12.1 Å². The molecule has 0 saturated heterocycles. The van der Waals surface area contributed by atoms with Gasteiger partial charge in [-0.1, -0.05) is 33.1 Å². The van der Waals surface area contributed by atoms with Crippen molar-refractivity contribution in [3.8, 4) is 0 Å². The van der Waals surface area contributed by atoms with E-state index >= 15 is 0 Å². The average Bonchev–Trinajstić information content (AvgIpc) is 2.28. The molecule has 0 amide bonds. The number of rotatable bonds is 8. The van der Waals surface area contributed by atoms with Crippen molar-refractivity contribution in [2.75, 3.05) is 6.54 Å². The van der Waals surface area contributed by atoms with E-state index in [2.05, 4.69) is 19.2 Å². The maximum Gasteiger partial charge on any atom is 0.126 e. The van der Waals surface area contributed by atoms with Crippen LogP contribution in [0.1, 0.15) is 45.1 Å². The van der Waals surface area contributed by atoms with Gasteiger partial charge in [0.05, 0.1) is 0 Å². The van der Waals surface area contributed by atoms with Gasteiger partial charge in [0.25, 0.3) is 0 Å². The number of benzene rings is 1. The first kappa shape index (κ1) is 15.1. The van der Waals surface area contributed by atoms with Crippen LogP contribution in [-0.2, 0) is 6.42 Å². The summed E-state index contributed by atoms with van der Waals surface area (Å²) < 4.78 is 26.2. The summed E-state index contributed by atoms with van der Waals surface area (Å²) in [5.41, 5.74) is 0.731. The Morgan fingerprint density at radius 2 is 1.72 bits per heavy atom. The van der Waals surface area contributed by atoms with Gasteiger partial charge in [-0.2, -0.15) is 0 Å². The molecule has 0 spiro atoms. The Kier molecular flexibility index (Phi) is 6.88. The summed E-state index contributed by atoms with van der Waals surface area (Å²) in [6.07, 6.45) is 5.30. The third-order valence-corrected chi connectivity index (χ3v) is 3.05. The summed E-state index contributed by atoms with van der Waals surface area (Å²) >= 11 is 0. The maximum atomic E-state index is 13.1. The molecule has 0 aliphatic heterocycles. The molecule has 0 radical (unpaired) electrons. The van der Waals surface area contributed by atoms with Gasteiger partial charge in [-0.3, -0.25) is 0 Å². The van der Waals surface area contributed by atoms with Gasteiger partial charge < -0.3 is 5.32 Å². The minimum absolute atomic E-state index is 0.308. The van der Waals surface area contributed by atoms with Crippen LogP contribution >= 0.6 is 0 Å². The van der Waals surface area contributed by atoms with E-state index in [4.69, 9.17) is 0 Å². The van der Waals surface area contributed by atoms with Crippen LogP contribution < -0.4 is 5.32 Å². The molecular formula is C15H23F2N. The molecule has 0 bridgehead atoms. The van der Waals surface area contributed by atoms with E-state index in [1.54, 1.807) is 0 Å². The van der Waals surface area contributed by atoms with E-state index in [1.807, 2.05) is 0 Å². The summed E-state index contributed by atoms with van der Waals surface area (Å²) in [6.45, 7) is 5.11. The number of hydrogen-bond acceptors (Lipinski definition) is 1. The van der Waals surface area contributed by atoms with Crippen LogP contribution in [0.4, 0.5) is 8.78 Å². The second-order valence-electron chi connectivity index (χ2n) is 4.73. The van der Waals surface area contributed by atoms with Gasteiger partial charge in [-0.15, -0.1) is 0 Å². The molecule has 0 aliphatic carbocycles. The zero-order valence-electron chi connectivity index (χ0n) is 11.3. The Bertz CT molecular complexity index is 332. The zero-order chi connectivity index (χ0) is 13.4. The van der Waals surface area contributed by atoms with Gasteiger partial charge in [-0.25, -0.2) is 8.78 Å². The van der Waals surface area contributed by atoms with Gasteiger partial charge in [-0.05, 0) is 37.1 Å². The fourth-order valence-electron chi connectivity index (χ4n) is 2.22. The smallest absolute Gasteiger partial charge is 0.126 e. The molecule has 1 unspecified atom stereocenters. The molecular weight excluding hydrogens is 232 g/mol. The molecule has 0 heterocycles. The predicted octanol–water partition coefficient (Wildman–Crippen LogP) is 4.07. The normalized spacial score (nSPS) is 12.7. The quantitative estimate of drug-likeness (QED) is 0.691. The highest BCUT2D eigenvalue weighted by molar-refractivity contribution is 5.18. The number of halogens is 2. The Morgan fingerprint density at radius 3 is 2.28 bits per heavy atom. The highest BCUT2D eigenvalue weighted by atomic mass is 19.1. The molecule has 1 N–H and O–H groups in total. The van der Waals surface area contributed by atoms with E-state index in [-0.39, 0.29) is 0 Å². The summed E-state index contributed by atoms with van der Waals surface area (Å²) in [6, 6.07) is 4.08. The third kappa shape index (κ3) is 5.58. The van der Waals surface area contributed by atoms with Gasteiger partial charge >= 0.3 is 0 Å². The van der Waals surface area contributed by atoms with E-state index in [0.29, 0.717) is 12.5 Å². The monoisotopic (exact) mass is 255 g/mol. The van der Waals surface area contributed by atoms with Crippen molar-refractivity contribution in [3.63, 3.8) is 0 Å². The average molecular weight is 255 g/mol. The van der Waals surface area contributed by atoms with Crippen LogP contribution in [-0.4, -0.2) is 12.6 Å². The van der Waals surface area contributed by atoms with Crippen molar-refractivity contribution >= 4 is 0 Å². The molecule has 1 aromatic rings. The van der Waals surface area contributed by atoms with E-state index in [1.165, 1.54) is 25.0 Å². The third-order valence-electron chi connectivity index (χ3n) is 3.05. The van der Waals surface area contributed by atoms with Crippen LogP contribution in [0.5, 0.6) is 0 Å². The molecule has 0 aromatic heterocycles. The molecule has 0 saturated carbocycles. The molecule has 1 nitrogen and oxygen atoms in total. The van der Waals surface area contributed by atoms with Crippen LogP contribution in [0.25, 0.3) is 0 Å². The fourth-order valence-corrected chi connectivity index (χ4v) is 2.22. The standard InChI is InChI=1S/C15H23F2N/c1-3-5-6-7-15(18-4-2)10-12-8-13(16)11-14(17)9-12/h8-9,11,15,18H,3-7,10H2,1-2H3. The highest BCUT2D eigenvalue weighted by Gasteiger charge is 2.09. The van der Waals surface area contributed by atoms with Crippen molar-refractivity contribution in [2.45, 2.75) is 52.0 Å². The number of nitrogens with one attached hydrogen (secondary N) is 1. The summed E-state index contributed by atoms with van der Waals surface area (Å²) in [7, 11) is 0. The summed E-state index contributed by atoms with van der Waals surface area (Å²) in [5.74, 6) is -0.984. The molecule has 102 valence electrons. The first-order valence-corrected chi connectivity index (χ1v) is 6.84. The molecule has 3 heteroatoms. The number of likely N-dealkylation sites (N-methyl/N-ethyl adjacent to an activating group) is 1. The van der Waals surface area contributed by atoms with E-state index in [0.717, 1.165) is 31.0 Å². The van der Waals surface area contributed by atoms with Crippen molar-refractivity contribution in [3.05, 3.63) is 35.4 Å². The number of hydrogen-bond donors (Lipinski definition) is 1. The van der Waals surface area contributed by atoms with Gasteiger partial charge in [0.15, 0.2) is 0 Å². The molecule has 1 aromatic carbocycles. The Morgan fingerprint density at radius 1 is 1.06 bits per heavy atom. The second-order valence-corrected chi connectivity index (χ2v) is 4.73. The minimum atomic E-state index is -0.492. The SMILES string of the molecule is CCCCCC(Cc1cc(F)cc(F)c1)NCC. The minimum Gasteiger partial charge on any atom is -0.314 e. The van der Waals surface area contributed by atoms with E-state index < -0.39 is 11.6 Å². The molecule has 0 fully saturated rings. The van der Waals surface area contributed by atoms with Crippen LogP contribution in [0.3, 0.4) is 0 Å². The first-order valence-electron chi connectivity index (χ1n) is 6.84. The lowest BCUT2D eigenvalue weighted by molar-refractivity contribution is 0.464. The molecule has 0 aliphatic rings. The van der Waals surface area contributed by atoms with Crippen molar-refractivity contribution in [1.29, 1.82) is 0 Å². The lowest BCUT2D eigenvalue weighted by Crippen LogP contribution is -2.31.